The summed E-state index contributed by atoms with van der Waals surface area (Å²) in [5.74, 6) is -5.35. The second-order valence-electron chi connectivity index (χ2n) is 23.1. The highest BCUT2D eigenvalue weighted by Gasteiger charge is 2.32. The van der Waals surface area contributed by atoms with E-state index in [1.807, 2.05) is 48.5 Å². The molecule has 0 aliphatic carbocycles. The average Bonchev–Trinajstić information content (AvgIpc) is 1.71. The van der Waals surface area contributed by atoms with Crippen LogP contribution >= 0.6 is 0 Å². The molecule has 8 amide bonds. The highest BCUT2D eigenvalue weighted by atomic mass is 16.6. The standard InChI is InChI=1S/C70H105N9O24/c1-52(80)67(70(89)76-50-64(84)77-61(69(88)71-2)47-55-49-75-60-10-6-4-8-58(55)60)78-68(87)53(45-54-48-74-59-9-5-3-7-57(54)59)46-56(81)51-103-44-43-92-20-16-73-63(83)14-18-90-21-23-93-25-27-95-29-31-97-33-35-99-37-39-101-41-42-102-40-38-100-36-34-98-32-30-96-28-26-94-24-22-91-19-15-72-62(82)13-17-79-65(85)11-12-66(79)86/h3-12,48-49,52-53,61,67,74-75,80H,13-47,50-51H2,1-2H3,(H,71,88)(H,72,82)(H,73,83)(H,76,89)(H,77,84)(H,78,87)/t52-,53-,61+,67+/m1/s1. The van der Waals surface area contributed by atoms with E-state index in [0.717, 1.165) is 37.8 Å². The van der Waals surface area contributed by atoms with Crippen LogP contribution in [0, 0.1) is 5.92 Å². The minimum atomic E-state index is -1.50. The largest absolute Gasteiger partial charge is 0.391 e. The number of aromatic amines is 2. The number of carbonyl (C=O) groups excluding carboxylic acids is 9. The molecule has 574 valence electrons. The van der Waals surface area contributed by atoms with E-state index in [4.69, 9.17) is 66.3 Å². The van der Waals surface area contributed by atoms with Crippen molar-refractivity contribution in [3.8, 4) is 0 Å². The van der Waals surface area contributed by atoms with E-state index < -0.39 is 71.9 Å². The van der Waals surface area contributed by atoms with Gasteiger partial charge in [0.2, 0.25) is 35.4 Å². The molecule has 2 aromatic heterocycles. The first kappa shape index (κ1) is 85.9. The summed E-state index contributed by atoms with van der Waals surface area (Å²) in [6.07, 6.45) is 4.67. The van der Waals surface area contributed by atoms with E-state index >= 15 is 0 Å². The molecule has 0 saturated heterocycles. The van der Waals surface area contributed by atoms with Crippen LogP contribution in [0.1, 0.15) is 37.3 Å². The lowest BCUT2D eigenvalue weighted by Crippen LogP contribution is -2.56. The molecule has 4 aromatic rings. The number of nitrogens with one attached hydrogen (secondary N) is 8. The number of hydrogen-bond acceptors (Lipinski definition) is 24. The van der Waals surface area contributed by atoms with Crippen LogP contribution in [0.3, 0.4) is 0 Å². The summed E-state index contributed by atoms with van der Waals surface area (Å²) < 4.78 is 77.1. The van der Waals surface area contributed by atoms with Crippen LogP contribution < -0.4 is 31.9 Å². The molecule has 33 heteroatoms. The molecule has 5 rings (SSSR count). The quantitative estimate of drug-likeness (QED) is 0.0197. The second kappa shape index (κ2) is 54.0. The van der Waals surface area contributed by atoms with E-state index in [0.29, 0.717) is 159 Å². The van der Waals surface area contributed by atoms with Crippen LogP contribution in [0.25, 0.3) is 21.8 Å². The Hall–Kier alpha value is -7.71. The molecule has 33 nitrogen and oxygen atoms in total. The number of imide groups is 1. The first-order chi connectivity index (χ1) is 50.2. The van der Waals surface area contributed by atoms with Gasteiger partial charge in [0.1, 0.15) is 18.7 Å². The Morgan fingerprint density at radius 1 is 0.447 bits per heavy atom. The van der Waals surface area contributed by atoms with Crippen molar-refractivity contribution in [1.82, 2.24) is 46.8 Å². The zero-order valence-corrected chi connectivity index (χ0v) is 59.2. The van der Waals surface area contributed by atoms with E-state index in [-0.39, 0.29) is 90.0 Å². The van der Waals surface area contributed by atoms with Gasteiger partial charge in [-0.25, -0.2) is 0 Å². The number of likely N-dealkylation sites (N-methyl/N-ethyl adjacent to an activating group) is 1. The molecule has 0 bridgehead atoms. The Morgan fingerprint density at radius 2 is 0.835 bits per heavy atom. The van der Waals surface area contributed by atoms with E-state index in [1.54, 1.807) is 12.4 Å². The second-order valence-corrected chi connectivity index (χ2v) is 23.1. The maximum absolute atomic E-state index is 14.0. The number of ketones is 1. The number of Topliss-reactive ketones (excluding diaryl/α,β-unsaturated/α-hetero) is 1. The van der Waals surface area contributed by atoms with Gasteiger partial charge in [0.25, 0.3) is 11.8 Å². The number of aliphatic hydroxyl groups excluding tert-OH is 1. The number of amides is 8. The molecule has 0 radical (unpaired) electrons. The van der Waals surface area contributed by atoms with Crippen molar-refractivity contribution >= 4 is 74.8 Å². The highest BCUT2D eigenvalue weighted by Crippen LogP contribution is 2.23. The molecule has 1 aliphatic rings. The lowest BCUT2D eigenvalue weighted by Gasteiger charge is -2.24. The molecule has 3 heterocycles. The Balaban J connectivity index is 0.744. The first-order valence-electron chi connectivity index (χ1n) is 34.8. The fourth-order valence-electron chi connectivity index (χ4n) is 9.92. The number of nitrogens with zero attached hydrogens (tertiary/aromatic N) is 1. The van der Waals surface area contributed by atoms with Gasteiger partial charge in [0.05, 0.1) is 191 Å². The summed E-state index contributed by atoms with van der Waals surface area (Å²) in [6, 6.07) is 12.5. The molecule has 1 aliphatic heterocycles. The van der Waals surface area contributed by atoms with Gasteiger partial charge in [-0.05, 0) is 36.6 Å². The maximum Gasteiger partial charge on any atom is 0.253 e. The number of fused-ring (bicyclic) bond motifs is 2. The normalized spacial score (nSPS) is 13.3. The molecule has 103 heavy (non-hydrogen) atoms. The van der Waals surface area contributed by atoms with Gasteiger partial charge in [0.15, 0.2) is 5.78 Å². The number of ether oxygens (including phenoxy) is 14. The maximum atomic E-state index is 14.0. The molecule has 0 fully saturated rings. The van der Waals surface area contributed by atoms with Crippen LogP contribution in [0.15, 0.2) is 73.1 Å². The minimum Gasteiger partial charge on any atom is -0.391 e. The van der Waals surface area contributed by atoms with Crippen molar-refractivity contribution in [2.45, 2.75) is 57.2 Å². The lowest BCUT2D eigenvalue weighted by molar-refractivity contribution is -0.137. The third kappa shape index (κ3) is 37.5. The molecule has 2 aromatic carbocycles. The number of aromatic nitrogens is 2. The zero-order valence-electron chi connectivity index (χ0n) is 59.2. The SMILES string of the molecule is CNC(=O)[C@H](Cc1c[nH]c2ccccc12)NC(=O)CNC(=O)[C@@H](NC(=O)[C@@H](CC(=O)COCCOCCNC(=O)CCOCCOCCOCCOCCOCCOCCOCCOCCOCCOCCOCCOCCNC(=O)CCN1C(=O)C=CC1=O)Cc1c[nH]c2ccccc12)[C@@H](C)O. The van der Waals surface area contributed by atoms with Crippen molar-refractivity contribution in [3.63, 3.8) is 0 Å². The third-order valence-corrected chi connectivity index (χ3v) is 15.3. The van der Waals surface area contributed by atoms with Gasteiger partial charge in [-0.2, -0.15) is 0 Å². The Labute approximate surface area is 599 Å². The molecule has 0 unspecified atom stereocenters. The third-order valence-electron chi connectivity index (χ3n) is 15.3. The fraction of sp³-hybridized carbons (Fsp3) is 0.614. The van der Waals surface area contributed by atoms with Crippen molar-refractivity contribution in [2.75, 3.05) is 218 Å². The zero-order chi connectivity index (χ0) is 73.8. The Kier molecular flexibility index (Phi) is 45.0. The molecular weight excluding hydrogens is 1350 g/mol. The van der Waals surface area contributed by atoms with Crippen LogP contribution in [-0.4, -0.2) is 309 Å². The number of H-pyrrole nitrogens is 2. The Morgan fingerprint density at radius 3 is 1.26 bits per heavy atom. The summed E-state index contributed by atoms with van der Waals surface area (Å²) in [4.78, 5) is 121. The van der Waals surface area contributed by atoms with Crippen LogP contribution in [-0.2, 0) is 122 Å². The van der Waals surface area contributed by atoms with Gasteiger partial charge < -0.3 is 113 Å². The number of para-hydroxylation sites is 2. The smallest absolute Gasteiger partial charge is 0.253 e. The summed E-state index contributed by atoms with van der Waals surface area (Å²) in [5, 5.41) is 28.1. The highest BCUT2D eigenvalue weighted by molar-refractivity contribution is 6.13. The van der Waals surface area contributed by atoms with Crippen molar-refractivity contribution in [1.29, 1.82) is 0 Å². The summed E-state index contributed by atoms with van der Waals surface area (Å²) in [6.45, 7) is 10.9. The van der Waals surface area contributed by atoms with Crippen LogP contribution in [0.2, 0.25) is 0 Å². The molecule has 4 atom stereocenters. The van der Waals surface area contributed by atoms with Gasteiger partial charge in [0, 0.05) is 105 Å². The average molecular weight is 1460 g/mol. The summed E-state index contributed by atoms with van der Waals surface area (Å²) >= 11 is 0. The topological polar surface area (TPSA) is 410 Å². The van der Waals surface area contributed by atoms with Gasteiger partial charge in [-0.3, -0.25) is 48.1 Å². The summed E-state index contributed by atoms with van der Waals surface area (Å²) in [5.41, 5.74) is 3.25. The van der Waals surface area contributed by atoms with Gasteiger partial charge in [-0.15, -0.1) is 0 Å². The number of rotatable bonds is 64. The van der Waals surface area contributed by atoms with E-state index in [1.165, 1.54) is 26.1 Å². The van der Waals surface area contributed by atoms with E-state index in [2.05, 4.69) is 41.9 Å². The predicted molar refractivity (Wildman–Crippen MR) is 372 cm³/mol. The van der Waals surface area contributed by atoms with E-state index in [9.17, 15) is 48.3 Å². The van der Waals surface area contributed by atoms with Crippen molar-refractivity contribution < 1.29 is 115 Å². The van der Waals surface area contributed by atoms with Crippen LogP contribution in [0.5, 0.6) is 0 Å². The van der Waals surface area contributed by atoms with Crippen LogP contribution in [0.4, 0.5) is 0 Å². The number of hydrogen-bond donors (Lipinski definition) is 9. The predicted octanol–water partition coefficient (Wildman–Crippen LogP) is -0.608. The number of aliphatic hydroxyl groups is 1. The Bertz CT molecular complexity index is 3110. The van der Waals surface area contributed by atoms with Gasteiger partial charge in [-0.1, -0.05) is 36.4 Å². The fourth-order valence-corrected chi connectivity index (χ4v) is 9.92. The monoisotopic (exact) mass is 1460 g/mol. The molecular formula is C70H105N9O24. The summed E-state index contributed by atoms with van der Waals surface area (Å²) in [7, 11) is 1.45. The van der Waals surface area contributed by atoms with Crippen molar-refractivity contribution in [3.05, 3.63) is 84.2 Å². The number of carbonyl (C=O) groups is 9. The molecule has 0 spiro atoms. The minimum absolute atomic E-state index is 0.0342. The number of benzene rings is 2. The van der Waals surface area contributed by atoms with Crippen molar-refractivity contribution in [2.24, 2.45) is 5.92 Å². The molecule has 0 saturated carbocycles. The van der Waals surface area contributed by atoms with Gasteiger partial charge >= 0.3 is 0 Å². The first-order valence-corrected chi connectivity index (χ1v) is 34.8. The molecule has 9 N–H and O–H groups in total. The lowest BCUT2D eigenvalue weighted by atomic mass is 9.92.